The van der Waals surface area contributed by atoms with E-state index in [4.69, 9.17) is 21.1 Å². The lowest BCUT2D eigenvalue weighted by Gasteiger charge is -2.35. The first-order valence-corrected chi connectivity index (χ1v) is 12.1. The molecule has 1 saturated carbocycles. The zero-order chi connectivity index (χ0) is 26.5. The van der Waals surface area contributed by atoms with Gasteiger partial charge in [0.2, 0.25) is 0 Å². The van der Waals surface area contributed by atoms with Gasteiger partial charge in [-0.25, -0.2) is 9.18 Å². The molecule has 0 bridgehead atoms. The summed E-state index contributed by atoms with van der Waals surface area (Å²) in [6, 6.07) is 7.23. The van der Waals surface area contributed by atoms with Gasteiger partial charge in [-0.15, -0.1) is 0 Å². The summed E-state index contributed by atoms with van der Waals surface area (Å²) in [5.74, 6) is -2.14. The Morgan fingerprint density at radius 1 is 1.16 bits per heavy atom. The molecule has 2 N–H and O–H groups in total. The van der Waals surface area contributed by atoms with E-state index in [0.717, 1.165) is 24.2 Å². The molecule has 1 heterocycles. The number of amides is 5. The second-order valence-corrected chi connectivity index (χ2v) is 9.07. The molecule has 0 radical (unpaired) electrons. The van der Waals surface area contributed by atoms with Crippen LogP contribution in [0.5, 0.6) is 11.5 Å². The summed E-state index contributed by atoms with van der Waals surface area (Å²) in [5.41, 5.74) is 0.559. The van der Waals surface area contributed by atoms with Crippen LogP contribution >= 0.6 is 11.6 Å². The van der Waals surface area contributed by atoms with Gasteiger partial charge in [-0.2, -0.15) is 0 Å². The second kappa shape index (κ2) is 11.4. The van der Waals surface area contributed by atoms with Gasteiger partial charge in [0.25, 0.3) is 17.7 Å². The Morgan fingerprint density at radius 2 is 1.86 bits per heavy atom. The van der Waals surface area contributed by atoms with Crippen LogP contribution in [-0.2, 0) is 14.4 Å². The predicted molar refractivity (Wildman–Crippen MR) is 134 cm³/mol. The topological polar surface area (TPSA) is 114 Å². The molecule has 2 aromatic rings. The lowest BCUT2D eigenvalue weighted by Crippen LogP contribution is -2.58. The summed E-state index contributed by atoms with van der Waals surface area (Å²) < 4.78 is 23.9. The first kappa shape index (κ1) is 26.2. The number of nitrogens with zero attached hydrogens (tertiary/aromatic N) is 1. The van der Waals surface area contributed by atoms with E-state index in [9.17, 15) is 23.6 Å². The Morgan fingerprint density at radius 3 is 2.54 bits per heavy atom. The van der Waals surface area contributed by atoms with Gasteiger partial charge in [0.15, 0.2) is 18.1 Å². The van der Waals surface area contributed by atoms with Gasteiger partial charge in [-0.1, -0.05) is 30.9 Å². The Labute approximate surface area is 217 Å². The van der Waals surface area contributed by atoms with E-state index in [0.29, 0.717) is 24.1 Å². The number of hydrogen-bond donors (Lipinski definition) is 2. The summed E-state index contributed by atoms with van der Waals surface area (Å²) in [5, 5.41) is 4.88. The highest BCUT2D eigenvalue weighted by Crippen LogP contribution is 2.37. The van der Waals surface area contributed by atoms with Gasteiger partial charge < -0.3 is 14.8 Å². The molecular formula is C26H25ClFN3O6. The standard InChI is InChI=1S/C26H25ClFN3O6/c1-36-21-13-15(11-19-24(33)30-26(35)31(25(19)34)18-5-3-2-4-6-18)12-20(27)23(21)37-14-22(32)29-17-9-7-16(28)8-10-17/h7-13,18H,2-6,14H2,1H3,(H,29,32)(H,30,33,35). The molecule has 5 amide bonds. The number of anilines is 1. The van der Waals surface area contributed by atoms with Crippen LogP contribution in [0.2, 0.25) is 5.02 Å². The number of urea groups is 1. The second-order valence-electron chi connectivity index (χ2n) is 8.66. The van der Waals surface area contributed by atoms with Crippen molar-refractivity contribution in [1.82, 2.24) is 10.2 Å². The van der Waals surface area contributed by atoms with Crippen molar-refractivity contribution in [3.05, 3.63) is 58.4 Å². The minimum absolute atomic E-state index is 0.0738. The molecule has 1 saturated heterocycles. The van der Waals surface area contributed by atoms with E-state index in [-0.39, 0.29) is 28.1 Å². The summed E-state index contributed by atoms with van der Waals surface area (Å²) in [6.07, 6.45) is 5.58. The van der Waals surface area contributed by atoms with Crippen LogP contribution in [0.3, 0.4) is 0 Å². The first-order valence-electron chi connectivity index (χ1n) is 11.7. The average molecular weight is 530 g/mol. The summed E-state index contributed by atoms with van der Waals surface area (Å²) in [7, 11) is 1.37. The number of barbiturate groups is 1. The van der Waals surface area contributed by atoms with Crippen molar-refractivity contribution in [3.8, 4) is 11.5 Å². The third kappa shape index (κ3) is 6.08. The molecule has 2 fully saturated rings. The molecule has 2 aromatic carbocycles. The fourth-order valence-electron chi connectivity index (χ4n) is 4.34. The average Bonchev–Trinajstić information content (AvgIpc) is 2.87. The molecular weight excluding hydrogens is 505 g/mol. The molecule has 1 aliphatic heterocycles. The largest absolute Gasteiger partial charge is 0.493 e. The van der Waals surface area contributed by atoms with Gasteiger partial charge in [-0.05, 0) is 60.9 Å². The van der Waals surface area contributed by atoms with Crippen molar-refractivity contribution in [1.29, 1.82) is 0 Å². The van der Waals surface area contributed by atoms with Crippen molar-refractivity contribution in [2.45, 2.75) is 38.1 Å². The molecule has 0 spiro atoms. The SMILES string of the molecule is COc1cc(C=C2C(=O)NC(=O)N(C3CCCCC3)C2=O)cc(Cl)c1OCC(=O)Nc1ccc(F)cc1. The predicted octanol–water partition coefficient (Wildman–Crippen LogP) is 4.30. The fourth-order valence-corrected chi connectivity index (χ4v) is 4.61. The van der Waals surface area contributed by atoms with E-state index >= 15 is 0 Å². The molecule has 1 aliphatic carbocycles. The Bertz CT molecular complexity index is 1260. The molecule has 2 aliphatic rings. The van der Waals surface area contributed by atoms with Gasteiger partial charge in [0.05, 0.1) is 12.1 Å². The lowest BCUT2D eigenvalue weighted by atomic mass is 9.93. The summed E-state index contributed by atoms with van der Waals surface area (Å²) in [6.45, 7) is -0.409. The third-order valence-corrected chi connectivity index (χ3v) is 6.39. The van der Waals surface area contributed by atoms with Crippen LogP contribution in [0.25, 0.3) is 6.08 Å². The summed E-state index contributed by atoms with van der Waals surface area (Å²) in [4.78, 5) is 51.4. The van der Waals surface area contributed by atoms with Gasteiger partial charge in [-0.3, -0.25) is 24.6 Å². The molecule has 0 aromatic heterocycles. The zero-order valence-electron chi connectivity index (χ0n) is 20.0. The van der Waals surface area contributed by atoms with Crippen molar-refractivity contribution in [2.75, 3.05) is 19.0 Å². The van der Waals surface area contributed by atoms with Crippen LogP contribution in [0.1, 0.15) is 37.7 Å². The van der Waals surface area contributed by atoms with Crippen LogP contribution in [0.4, 0.5) is 14.9 Å². The van der Waals surface area contributed by atoms with Crippen molar-refractivity contribution < 1.29 is 33.0 Å². The molecule has 0 atom stereocenters. The summed E-state index contributed by atoms with van der Waals surface area (Å²) >= 11 is 6.38. The van der Waals surface area contributed by atoms with E-state index in [1.807, 2.05) is 0 Å². The van der Waals surface area contributed by atoms with E-state index < -0.39 is 36.2 Å². The maximum absolute atomic E-state index is 13.1. The minimum Gasteiger partial charge on any atom is -0.493 e. The Hall–Kier alpha value is -3.92. The number of methoxy groups -OCH3 is 1. The maximum Gasteiger partial charge on any atom is 0.331 e. The molecule has 37 heavy (non-hydrogen) atoms. The zero-order valence-corrected chi connectivity index (χ0v) is 20.8. The Balaban J connectivity index is 1.51. The molecule has 9 nitrogen and oxygen atoms in total. The van der Waals surface area contributed by atoms with Crippen LogP contribution < -0.4 is 20.1 Å². The van der Waals surface area contributed by atoms with E-state index in [1.165, 1.54) is 49.6 Å². The lowest BCUT2D eigenvalue weighted by molar-refractivity contribution is -0.132. The number of halogens is 2. The number of benzene rings is 2. The monoisotopic (exact) mass is 529 g/mol. The normalized spacial score (nSPS) is 17.5. The number of rotatable bonds is 7. The van der Waals surface area contributed by atoms with Crippen molar-refractivity contribution in [2.24, 2.45) is 0 Å². The van der Waals surface area contributed by atoms with Crippen LogP contribution in [0.15, 0.2) is 42.0 Å². The third-order valence-electron chi connectivity index (χ3n) is 6.11. The van der Waals surface area contributed by atoms with Crippen molar-refractivity contribution >= 4 is 47.1 Å². The highest BCUT2D eigenvalue weighted by Gasteiger charge is 2.40. The van der Waals surface area contributed by atoms with E-state index in [2.05, 4.69) is 10.6 Å². The minimum atomic E-state index is -0.796. The van der Waals surface area contributed by atoms with Crippen LogP contribution in [0, 0.1) is 5.82 Å². The Kier molecular flexibility index (Phi) is 8.08. The molecule has 0 unspecified atom stereocenters. The number of carbonyl (C=O) groups is 4. The van der Waals surface area contributed by atoms with Crippen molar-refractivity contribution in [3.63, 3.8) is 0 Å². The molecule has 4 rings (SSSR count). The molecule has 11 heteroatoms. The maximum atomic E-state index is 13.1. The van der Waals surface area contributed by atoms with Gasteiger partial charge in [0.1, 0.15) is 11.4 Å². The number of nitrogens with one attached hydrogen (secondary N) is 2. The quantitative estimate of drug-likeness (QED) is 0.408. The number of imide groups is 2. The first-order chi connectivity index (χ1) is 17.8. The number of ether oxygens (including phenoxy) is 2. The van der Waals surface area contributed by atoms with Crippen LogP contribution in [-0.4, -0.2) is 48.4 Å². The molecule has 194 valence electrons. The highest BCUT2D eigenvalue weighted by atomic mass is 35.5. The smallest absolute Gasteiger partial charge is 0.331 e. The van der Waals surface area contributed by atoms with Gasteiger partial charge in [0, 0.05) is 11.7 Å². The van der Waals surface area contributed by atoms with E-state index in [1.54, 1.807) is 0 Å². The van der Waals surface area contributed by atoms with Gasteiger partial charge >= 0.3 is 6.03 Å². The number of hydrogen-bond acceptors (Lipinski definition) is 6. The number of carbonyl (C=O) groups excluding carboxylic acids is 4. The highest BCUT2D eigenvalue weighted by molar-refractivity contribution is 6.33. The fraction of sp³-hybridized carbons (Fsp3) is 0.308.